The molecule has 2 aromatic rings. The average Bonchev–Trinajstić information content (AvgIpc) is 2.66. The van der Waals surface area contributed by atoms with Gasteiger partial charge in [0.2, 0.25) is 5.91 Å². The number of imidazole rings is 1. The fraction of sp³-hybridized carbons (Fsp3) is 0.333. The van der Waals surface area contributed by atoms with Gasteiger partial charge < -0.3 is 10.3 Å². The maximum Gasteiger partial charge on any atom is 0.240 e. The van der Waals surface area contributed by atoms with Crippen molar-refractivity contribution < 1.29 is 9.18 Å². The van der Waals surface area contributed by atoms with Gasteiger partial charge in [0, 0.05) is 18.4 Å². The molecule has 0 aliphatic heterocycles. The maximum absolute atomic E-state index is 13.7. The molecular weight excluding hydrogens is 337 g/mol. The summed E-state index contributed by atoms with van der Waals surface area (Å²) in [5.41, 5.74) is 6.46. The van der Waals surface area contributed by atoms with Crippen LogP contribution >= 0.6 is 27.5 Å². The zero-order chi connectivity index (χ0) is 14.2. The molecule has 0 aliphatic carbocycles. The summed E-state index contributed by atoms with van der Waals surface area (Å²) in [7, 11) is 0. The van der Waals surface area contributed by atoms with Crippen LogP contribution in [-0.4, -0.2) is 21.3 Å². The van der Waals surface area contributed by atoms with Gasteiger partial charge >= 0.3 is 0 Å². The van der Waals surface area contributed by atoms with Gasteiger partial charge in [-0.1, -0.05) is 0 Å². The van der Waals surface area contributed by atoms with Crippen molar-refractivity contribution in [3.05, 3.63) is 28.2 Å². The van der Waals surface area contributed by atoms with Crippen LogP contribution in [0.1, 0.15) is 18.8 Å². The number of alkyl halides is 1. The van der Waals surface area contributed by atoms with Gasteiger partial charge in [-0.25, -0.2) is 9.37 Å². The SMILES string of the molecule is CC(C(N)=O)n1c(CCCl)nc2cc(Br)c(F)cc21. The van der Waals surface area contributed by atoms with E-state index in [-0.39, 0.29) is 0 Å². The lowest BCUT2D eigenvalue weighted by Crippen LogP contribution is -2.25. The Balaban J connectivity index is 2.72. The number of nitrogens with two attached hydrogens (primary N) is 1. The zero-order valence-corrected chi connectivity index (χ0v) is 12.5. The molecule has 1 amide bonds. The van der Waals surface area contributed by atoms with Gasteiger partial charge in [0.15, 0.2) is 0 Å². The number of halogens is 3. The number of carbonyl (C=O) groups is 1. The van der Waals surface area contributed by atoms with E-state index in [0.717, 1.165) is 0 Å². The van der Waals surface area contributed by atoms with Crippen molar-refractivity contribution in [3.63, 3.8) is 0 Å². The first-order valence-corrected chi connectivity index (χ1v) is 6.99. The minimum atomic E-state index is -0.608. The monoisotopic (exact) mass is 347 g/mol. The molecular formula is C12H12BrClFN3O. The second-order valence-corrected chi connectivity index (χ2v) is 5.40. The maximum atomic E-state index is 13.7. The van der Waals surface area contributed by atoms with Crippen LogP contribution in [0.3, 0.4) is 0 Å². The minimum absolute atomic E-state index is 0.328. The number of hydrogen-bond acceptors (Lipinski definition) is 2. The van der Waals surface area contributed by atoms with Gasteiger partial charge in [-0.15, -0.1) is 11.6 Å². The fourth-order valence-corrected chi connectivity index (χ4v) is 2.46. The molecule has 1 aromatic heterocycles. The number of primary amides is 1. The molecule has 2 N–H and O–H groups in total. The van der Waals surface area contributed by atoms with Crippen LogP contribution in [-0.2, 0) is 11.2 Å². The standard InChI is InChI=1S/C12H12BrClFN3O/c1-6(12(16)19)18-10-5-8(15)7(13)4-9(10)17-11(18)2-3-14/h4-6H,2-3H2,1H3,(H2,16,19). The van der Waals surface area contributed by atoms with Gasteiger partial charge in [-0.3, -0.25) is 4.79 Å². The van der Waals surface area contributed by atoms with Crippen LogP contribution in [0.25, 0.3) is 11.0 Å². The Morgan fingerprint density at radius 1 is 1.63 bits per heavy atom. The van der Waals surface area contributed by atoms with E-state index >= 15 is 0 Å². The van der Waals surface area contributed by atoms with E-state index < -0.39 is 17.8 Å². The zero-order valence-electron chi connectivity index (χ0n) is 10.2. The van der Waals surface area contributed by atoms with Crippen molar-refractivity contribution in [1.29, 1.82) is 0 Å². The number of fused-ring (bicyclic) bond motifs is 1. The van der Waals surface area contributed by atoms with Crippen LogP contribution in [0.5, 0.6) is 0 Å². The van der Waals surface area contributed by atoms with Gasteiger partial charge in [0.1, 0.15) is 17.7 Å². The Bertz CT molecular complexity index is 643. The van der Waals surface area contributed by atoms with Crippen LogP contribution in [0, 0.1) is 5.82 Å². The van der Waals surface area contributed by atoms with Gasteiger partial charge in [0.05, 0.1) is 15.5 Å². The van der Waals surface area contributed by atoms with Crippen molar-refractivity contribution in [2.45, 2.75) is 19.4 Å². The third kappa shape index (κ3) is 2.60. The molecule has 1 aromatic carbocycles. The largest absolute Gasteiger partial charge is 0.368 e. The smallest absolute Gasteiger partial charge is 0.240 e. The molecule has 0 saturated carbocycles. The summed E-state index contributed by atoms with van der Waals surface area (Å²) < 4.78 is 15.6. The number of aryl methyl sites for hydroxylation is 1. The Kier molecular flexibility index (Phi) is 4.10. The number of nitrogens with zero attached hydrogens (tertiary/aromatic N) is 2. The topological polar surface area (TPSA) is 60.9 Å². The van der Waals surface area contributed by atoms with Crippen LogP contribution in [0.2, 0.25) is 0 Å². The fourth-order valence-electron chi connectivity index (χ4n) is 1.96. The Morgan fingerprint density at radius 3 is 2.89 bits per heavy atom. The van der Waals surface area contributed by atoms with Crippen molar-refractivity contribution in [1.82, 2.24) is 9.55 Å². The highest BCUT2D eigenvalue weighted by molar-refractivity contribution is 9.10. The Labute approximate surface area is 122 Å². The summed E-state index contributed by atoms with van der Waals surface area (Å²) in [6.07, 6.45) is 0.479. The molecule has 0 spiro atoms. The van der Waals surface area contributed by atoms with Crippen molar-refractivity contribution >= 4 is 44.5 Å². The molecule has 4 nitrogen and oxygen atoms in total. The van der Waals surface area contributed by atoms with Crippen LogP contribution in [0.15, 0.2) is 16.6 Å². The normalized spacial score (nSPS) is 12.8. The average molecular weight is 349 g/mol. The second kappa shape index (κ2) is 5.46. The Morgan fingerprint density at radius 2 is 2.32 bits per heavy atom. The van der Waals surface area contributed by atoms with Crippen LogP contribution < -0.4 is 5.73 Å². The highest BCUT2D eigenvalue weighted by atomic mass is 79.9. The number of carbonyl (C=O) groups excluding carboxylic acids is 1. The number of hydrogen-bond donors (Lipinski definition) is 1. The number of aromatic nitrogens is 2. The molecule has 1 unspecified atom stereocenters. The van der Waals surface area contributed by atoms with Crippen molar-refractivity contribution in [2.75, 3.05) is 5.88 Å². The molecule has 0 bridgehead atoms. The molecule has 0 radical (unpaired) electrons. The molecule has 102 valence electrons. The molecule has 7 heteroatoms. The predicted octanol–water partition coefficient (Wildman–Crippen LogP) is 2.77. The highest BCUT2D eigenvalue weighted by Gasteiger charge is 2.20. The van der Waals surface area contributed by atoms with E-state index in [4.69, 9.17) is 17.3 Å². The lowest BCUT2D eigenvalue weighted by molar-refractivity contribution is -0.120. The van der Waals surface area contributed by atoms with E-state index in [1.807, 2.05) is 0 Å². The van der Waals surface area contributed by atoms with Crippen molar-refractivity contribution in [3.8, 4) is 0 Å². The van der Waals surface area contributed by atoms with E-state index in [2.05, 4.69) is 20.9 Å². The molecule has 2 rings (SSSR count). The molecule has 0 aliphatic rings. The summed E-state index contributed by atoms with van der Waals surface area (Å²) in [4.78, 5) is 15.8. The predicted molar refractivity (Wildman–Crippen MR) is 75.7 cm³/mol. The number of rotatable bonds is 4. The molecule has 1 atom stereocenters. The Hall–Kier alpha value is -1.14. The molecule has 0 fully saturated rings. The van der Waals surface area contributed by atoms with Gasteiger partial charge in [-0.05, 0) is 28.9 Å². The summed E-state index contributed by atoms with van der Waals surface area (Å²) in [6.45, 7) is 1.65. The van der Waals surface area contributed by atoms with E-state index in [9.17, 15) is 9.18 Å². The molecule has 0 saturated heterocycles. The molecule has 19 heavy (non-hydrogen) atoms. The van der Waals surface area contributed by atoms with Gasteiger partial charge in [0.25, 0.3) is 0 Å². The van der Waals surface area contributed by atoms with Crippen molar-refractivity contribution in [2.24, 2.45) is 5.73 Å². The third-order valence-electron chi connectivity index (χ3n) is 2.92. The first-order chi connectivity index (χ1) is 8.95. The first kappa shape index (κ1) is 14.3. The highest BCUT2D eigenvalue weighted by Crippen LogP contribution is 2.27. The lowest BCUT2D eigenvalue weighted by Gasteiger charge is -2.14. The number of benzene rings is 1. The minimum Gasteiger partial charge on any atom is -0.368 e. The van der Waals surface area contributed by atoms with E-state index in [0.29, 0.717) is 33.6 Å². The summed E-state index contributed by atoms with van der Waals surface area (Å²) in [5.74, 6) is 0.0633. The summed E-state index contributed by atoms with van der Waals surface area (Å²) in [6, 6.07) is 2.31. The number of amides is 1. The summed E-state index contributed by atoms with van der Waals surface area (Å²) in [5, 5.41) is 0. The third-order valence-corrected chi connectivity index (χ3v) is 3.72. The first-order valence-electron chi connectivity index (χ1n) is 5.66. The quantitative estimate of drug-likeness (QED) is 0.864. The second-order valence-electron chi connectivity index (χ2n) is 4.17. The van der Waals surface area contributed by atoms with E-state index in [1.54, 1.807) is 17.6 Å². The molecule has 1 heterocycles. The van der Waals surface area contributed by atoms with Gasteiger partial charge in [-0.2, -0.15) is 0 Å². The van der Waals surface area contributed by atoms with Crippen LogP contribution in [0.4, 0.5) is 4.39 Å². The van der Waals surface area contributed by atoms with E-state index in [1.165, 1.54) is 6.07 Å². The lowest BCUT2D eigenvalue weighted by atomic mass is 10.2. The summed E-state index contributed by atoms with van der Waals surface area (Å²) >= 11 is 8.84.